The number of carbonyl (C=O) groups is 3. The van der Waals surface area contributed by atoms with Gasteiger partial charge >= 0.3 is 5.97 Å². The van der Waals surface area contributed by atoms with Gasteiger partial charge in [-0.3, -0.25) is 24.5 Å². The van der Waals surface area contributed by atoms with Crippen molar-refractivity contribution in [2.24, 2.45) is 0 Å². The highest BCUT2D eigenvalue weighted by atomic mass is 35.5. The molecule has 1 fully saturated rings. The first-order valence-corrected chi connectivity index (χ1v) is 12.5. The highest BCUT2D eigenvalue weighted by molar-refractivity contribution is 8.01. The van der Waals surface area contributed by atoms with Gasteiger partial charge in [0.1, 0.15) is 32.3 Å². The second-order valence-electron chi connectivity index (χ2n) is 6.51. The zero-order valence-electron chi connectivity index (χ0n) is 16.2. The van der Waals surface area contributed by atoms with Crippen LogP contribution in [0.15, 0.2) is 52.3 Å². The van der Waals surface area contributed by atoms with Crippen molar-refractivity contribution in [3.63, 3.8) is 0 Å². The van der Waals surface area contributed by atoms with Crippen molar-refractivity contribution < 1.29 is 19.5 Å². The summed E-state index contributed by atoms with van der Waals surface area (Å²) in [7, 11) is 0. The van der Waals surface area contributed by atoms with Gasteiger partial charge < -0.3 is 10.4 Å². The summed E-state index contributed by atoms with van der Waals surface area (Å²) in [5.41, 5.74) is 0.558. The normalized spacial score (nSPS) is 19.9. The van der Waals surface area contributed by atoms with Crippen LogP contribution in [0.25, 0.3) is 0 Å². The van der Waals surface area contributed by atoms with Gasteiger partial charge in [-0.15, -0.1) is 23.5 Å². The molecule has 0 bridgehead atoms. The van der Waals surface area contributed by atoms with Crippen LogP contribution in [-0.2, 0) is 14.4 Å². The third-order valence-electron chi connectivity index (χ3n) is 4.43. The summed E-state index contributed by atoms with van der Waals surface area (Å²) in [6, 6.07) is -0.766. The topological polar surface area (TPSA) is 138 Å². The molecule has 1 saturated heterocycles. The molecule has 4 rings (SSSR count). The number of hydrogen-bond acceptors (Lipinski definition) is 10. The van der Waals surface area contributed by atoms with E-state index in [-0.39, 0.29) is 22.5 Å². The molecule has 14 heteroatoms. The second-order valence-corrected chi connectivity index (χ2v) is 10.00. The van der Waals surface area contributed by atoms with E-state index in [4.69, 9.17) is 11.6 Å². The Morgan fingerprint density at radius 1 is 1.22 bits per heavy atom. The second kappa shape index (κ2) is 10.1. The van der Waals surface area contributed by atoms with Crippen LogP contribution in [0, 0.1) is 0 Å². The van der Waals surface area contributed by atoms with Crippen LogP contribution >= 0.6 is 46.9 Å². The number of aliphatic carboxylic acids is 1. The molecule has 4 heterocycles. The van der Waals surface area contributed by atoms with Crippen molar-refractivity contribution in [2.45, 2.75) is 21.5 Å². The minimum absolute atomic E-state index is 0.0410. The number of carboxylic acid groups (broad SMARTS) is 1. The lowest BCUT2D eigenvalue weighted by Gasteiger charge is -2.49. The summed E-state index contributed by atoms with van der Waals surface area (Å²) >= 11 is 9.75. The number of thioether (sulfide) groups is 3. The van der Waals surface area contributed by atoms with Crippen molar-refractivity contribution >= 4 is 64.7 Å². The van der Waals surface area contributed by atoms with Gasteiger partial charge in [-0.2, -0.15) is 0 Å². The lowest BCUT2D eigenvalue weighted by atomic mass is 10.0. The van der Waals surface area contributed by atoms with E-state index in [1.54, 1.807) is 6.20 Å². The summed E-state index contributed by atoms with van der Waals surface area (Å²) in [4.78, 5) is 54.3. The first-order valence-electron chi connectivity index (χ1n) is 9.12. The average Bonchev–Trinajstić information content (AvgIpc) is 2.79. The van der Waals surface area contributed by atoms with Gasteiger partial charge in [0, 0.05) is 23.9 Å². The van der Waals surface area contributed by atoms with E-state index in [0.717, 1.165) is 0 Å². The molecule has 0 aliphatic carbocycles. The van der Waals surface area contributed by atoms with Crippen LogP contribution in [0.1, 0.15) is 0 Å². The van der Waals surface area contributed by atoms with Crippen LogP contribution in [0.2, 0.25) is 5.15 Å². The zero-order valence-corrected chi connectivity index (χ0v) is 19.4. The number of nitrogens with zero attached hydrogens (tertiary/aromatic N) is 5. The third kappa shape index (κ3) is 5.00. The van der Waals surface area contributed by atoms with Crippen molar-refractivity contribution in [1.29, 1.82) is 0 Å². The number of halogens is 1. The molecule has 2 atom stereocenters. The molecule has 32 heavy (non-hydrogen) atoms. The molecule has 0 aromatic carbocycles. The molecular weight excluding hydrogens is 496 g/mol. The van der Waals surface area contributed by atoms with E-state index in [0.29, 0.717) is 27.1 Å². The largest absolute Gasteiger partial charge is 0.477 e. The molecular formula is C18H15ClN6O4S3. The van der Waals surface area contributed by atoms with Crippen LogP contribution in [-0.4, -0.2) is 76.4 Å². The van der Waals surface area contributed by atoms with E-state index in [1.165, 1.54) is 65.0 Å². The molecule has 2 aromatic heterocycles. The first kappa shape index (κ1) is 22.8. The summed E-state index contributed by atoms with van der Waals surface area (Å²) in [5, 5.41) is 13.4. The van der Waals surface area contributed by atoms with Crippen LogP contribution in [0.5, 0.6) is 0 Å². The number of amides is 2. The number of aromatic nitrogens is 4. The molecule has 2 N–H and O–H groups in total. The van der Waals surface area contributed by atoms with Gasteiger partial charge in [-0.05, 0) is 5.57 Å². The van der Waals surface area contributed by atoms with Gasteiger partial charge in [0.25, 0.3) is 5.91 Å². The van der Waals surface area contributed by atoms with Crippen molar-refractivity contribution in [3.8, 4) is 0 Å². The monoisotopic (exact) mass is 510 g/mol. The van der Waals surface area contributed by atoms with Gasteiger partial charge in [0.15, 0.2) is 0 Å². The van der Waals surface area contributed by atoms with Gasteiger partial charge in [0.05, 0.1) is 24.3 Å². The van der Waals surface area contributed by atoms with E-state index in [9.17, 15) is 19.5 Å². The number of carbonyl (C=O) groups excluding carboxylic acids is 2. The van der Waals surface area contributed by atoms with Crippen LogP contribution in [0.4, 0.5) is 0 Å². The Kier molecular flexibility index (Phi) is 7.18. The quantitative estimate of drug-likeness (QED) is 0.395. The zero-order chi connectivity index (χ0) is 22.7. The number of nitrogens with one attached hydrogen (secondary N) is 1. The van der Waals surface area contributed by atoms with Gasteiger partial charge in [-0.1, -0.05) is 23.4 Å². The van der Waals surface area contributed by atoms with E-state index in [1.807, 2.05) is 0 Å². The maximum atomic E-state index is 12.7. The van der Waals surface area contributed by atoms with Gasteiger partial charge in [-0.25, -0.2) is 14.8 Å². The summed E-state index contributed by atoms with van der Waals surface area (Å²) < 4.78 is 0. The number of β-lactam (4-membered cyclic amide) rings is 1. The first-order chi connectivity index (χ1) is 15.4. The van der Waals surface area contributed by atoms with Crippen molar-refractivity contribution in [2.75, 3.05) is 17.3 Å². The molecule has 0 spiro atoms. The molecule has 2 amide bonds. The fourth-order valence-electron chi connectivity index (χ4n) is 3.07. The lowest BCUT2D eigenvalue weighted by molar-refractivity contribution is -0.150. The molecule has 10 nitrogen and oxygen atoms in total. The SMILES string of the molecule is O=C(CSc1cnccn1)NC1C(=O)N2C(C(=O)O)=C(CSc3cncc(Cl)n3)CS[C@@H]12. The summed E-state index contributed by atoms with van der Waals surface area (Å²) in [6.07, 6.45) is 7.56. The Morgan fingerprint density at radius 3 is 2.75 bits per heavy atom. The number of rotatable bonds is 8. The molecule has 166 valence electrons. The third-order valence-corrected chi connectivity index (χ3v) is 7.85. The lowest BCUT2D eigenvalue weighted by Crippen LogP contribution is -2.70. The number of fused-ring (bicyclic) bond motifs is 1. The molecule has 0 saturated carbocycles. The van der Waals surface area contributed by atoms with Crippen LogP contribution in [0.3, 0.4) is 0 Å². The smallest absolute Gasteiger partial charge is 0.352 e. The maximum Gasteiger partial charge on any atom is 0.352 e. The predicted octanol–water partition coefficient (Wildman–Crippen LogP) is 1.54. The van der Waals surface area contributed by atoms with E-state index in [2.05, 4.69) is 25.3 Å². The maximum absolute atomic E-state index is 12.7. The Labute approximate surface area is 200 Å². The fraction of sp³-hybridized carbons (Fsp3) is 0.278. The average molecular weight is 511 g/mol. The molecule has 0 radical (unpaired) electrons. The Morgan fingerprint density at radius 2 is 2.03 bits per heavy atom. The van der Waals surface area contributed by atoms with Crippen LogP contribution < -0.4 is 5.32 Å². The minimum Gasteiger partial charge on any atom is -0.477 e. The summed E-state index contributed by atoms with van der Waals surface area (Å²) in [5.74, 6) is -1.14. The predicted molar refractivity (Wildman–Crippen MR) is 120 cm³/mol. The summed E-state index contributed by atoms with van der Waals surface area (Å²) in [6.45, 7) is 0. The minimum atomic E-state index is -1.18. The number of hydrogen-bond donors (Lipinski definition) is 2. The van der Waals surface area contributed by atoms with Gasteiger partial charge in [0.2, 0.25) is 5.91 Å². The standard InChI is InChI=1S/C18H15ClN6O4S3/c19-10-3-21-5-13(23-10)30-6-9-7-32-17-14(16(27)25(17)15(9)18(28)29)24-11(26)8-31-12-4-20-1-2-22-12/h1-5,14,17H,6-8H2,(H,24,26)(H,28,29)/t14?,17-/m0/s1. The van der Waals surface area contributed by atoms with E-state index < -0.39 is 23.3 Å². The van der Waals surface area contributed by atoms with Crippen molar-refractivity contribution in [1.82, 2.24) is 30.2 Å². The Hall–Kier alpha value is -2.35. The molecule has 2 aliphatic rings. The highest BCUT2D eigenvalue weighted by Gasteiger charge is 2.54. The fourth-order valence-corrected chi connectivity index (χ4v) is 6.23. The molecule has 2 aromatic rings. The Balaban J connectivity index is 1.39. The van der Waals surface area contributed by atoms with Crippen molar-refractivity contribution in [3.05, 3.63) is 47.4 Å². The highest BCUT2D eigenvalue weighted by Crippen LogP contribution is 2.41. The Bertz CT molecular complexity index is 1090. The number of carboxylic acids is 1. The molecule has 2 aliphatic heterocycles. The van der Waals surface area contributed by atoms with E-state index >= 15 is 0 Å². The molecule has 1 unspecified atom stereocenters.